The fraction of sp³-hybridized carbons (Fsp3) is 0.0870. The van der Waals surface area contributed by atoms with E-state index in [0.29, 0.717) is 32.7 Å². The van der Waals surface area contributed by atoms with Crippen LogP contribution < -0.4 is 9.47 Å². The van der Waals surface area contributed by atoms with Gasteiger partial charge >= 0.3 is 0 Å². The Morgan fingerprint density at radius 3 is 2.66 bits per heavy atom. The van der Waals surface area contributed by atoms with Crippen molar-refractivity contribution in [1.29, 1.82) is 0 Å². The first-order chi connectivity index (χ1) is 13.9. The lowest BCUT2D eigenvalue weighted by molar-refractivity contribution is 0.101. The number of hydrogen-bond donors (Lipinski definition) is 0. The molecule has 146 valence electrons. The molecular formula is C23H15Cl2FO3. The highest BCUT2D eigenvalue weighted by Crippen LogP contribution is 2.38. The molecule has 29 heavy (non-hydrogen) atoms. The molecule has 0 saturated carbocycles. The number of fused-ring (bicyclic) bond motifs is 1. The fourth-order valence-corrected chi connectivity index (χ4v) is 3.56. The normalized spacial score (nSPS) is 14.1. The second kappa shape index (κ2) is 7.90. The van der Waals surface area contributed by atoms with E-state index in [2.05, 4.69) is 0 Å². The van der Waals surface area contributed by atoms with Crippen molar-refractivity contribution in [3.63, 3.8) is 0 Å². The van der Waals surface area contributed by atoms with E-state index in [1.54, 1.807) is 55.5 Å². The largest absolute Gasteiger partial charge is 0.489 e. The molecule has 0 N–H and O–H groups in total. The quantitative estimate of drug-likeness (QED) is 0.437. The van der Waals surface area contributed by atoms with Gasteiger partial charge in [-0.1, -0.05) is 47.5 Å². The van der Waals surface area contributed by atoms with Crippen LogP contribution in [0, 0.1) is 12.7 Å². The number of ether oxygens (including phenoxy) is 2. The molecule has 0 aromatic heterocycles. The molecule has 0 radical (unpaired) electrons. The molecule has 0 unspecified atom stereocenters. The average molecular weight is 429 g/mol. The number of halogens is 3. The summed E-state index contributed by atoms with van der Waals surface area (Å²) in [5, 5.41) is 1.06. The molecule has 3 nitrogen and oxygen atoms in total. The van der Waals surface area contributed by atoms with Gasteiger partial charge in [-0.2, -0.15) is 0 Å². The zero-order valence-electron chi connectivity index (χ0n) is 15.3. The lowest BCUT2D eigenvalue weighted by Gasteiger charge is -2.10. The maximum atomic E-state index is 13.9. The number of rotatable bonds is 4. The lowest BCUT2D eigenvalue weighted by atomic mass is 10.0. The first-order valence-electron chi connectivity index (χ1n) is 8.82. The van der Waals surface area contributed by atoms with E-state index in [1.165, 1.54) is 12.1 Å². The zero-order valence-corrected chi connectivity index (χ0v) is 16.9. The van der Waals surface area contributed by atoms with Crippen LogP contribution in [0.1, 0.15) is 27.0 Å². The van der Waals surface area contributed by atoms with Crippen molar-refractivity contribution in [1.82, 2.24) is 0 Å². The van der Waals surface area contributed by atoms with Gasteiger partial charge in [0.05, 0.1) is 5.56 Å². The van der Waals surface area contributed by atoms with Gasteiger partial charge in [0.1, 0.15) is 23.9 Å². The summed E-state index contributed by atoms with van der Waals surface area (Å²) in [5.41, 5.74) is 2.23. The Balaban J connectivity index is 1.58. The molecule has 1 heterocycles. The molecule has 4 rings (SSSR count). The standard InChI is InChI=1S/C23H15Cl2FO3/c1-13-8-17(28-12-15-6-7-16(24)10-18(15)25)11-20-22(13)23(27)21(29-20)9-14-4-2-3-5-19(14)26/h2-11H,12H2,1H3/b21-9-. The maximum absolute atomic E-state index is 13.9. The Labute approximate surface area is 177 Å². The molecule has 0 amide bonds. The highest BCUT2D eigenvalue weighted by Gasteiger charge is 2.30. The van der Waals surface area contributed by atoms with E-state index >= 15 is 0 Å². The third kappa shape index (κ3) is 4.00. The van der Waals surface area contributed by atoms with Gasteiger partial charge in [-0.25, -0.2) is 4.39 Å². The van der Waals surface area contributed by atoms with E-state index in [-0.39, 0.29) is 23.7 Å². The predicted molar refractivity (Wildman–Crippen MR) is 111 cm³/mol. The van der Waals surface area contributed by atoms with E-state index in [0.717, 1.165) is 5.56 Å². The van der Waals surface area contributed by atoms with E-state index in [1.807, 2.05) is 0 Å². The van der Waals surface area contributed by atoms with Crippen LogP contribution in [0.5, 0.6) is 11.5 Å². The Hall–Kier alpha value is -2.82. The molecule has 0 saturated heterocycles. The van der Waals surface area contributed by atoms with Crippen molar-refractivity contribution >= 4 is 35.1 Å². The Morgan fingerprint density at radius 1 is 1.10 bits per heavy atom. The summed E-state index contributed by atoms with van der Waals surface area (Å²) in [6.45, 7) is 2.04. The second-order valence-corrected chi connectivity index (χ2v) is 7.44. The third-order valence-corrected chi connectivity index (χ3v) is 5.13. The Morgan fingerprint density at radius 2 is 1.90 bits per heavy atom. The zero-order chi connectivity index (χ0) is 20.5. The van der Waals surface area contributed by atoms with Gasteiger partial charge in [0, 0.05) is 27.2 Å². The molecule has 1 aliphatic heterocycles. The van der Waals surface area contributed by atoms with Crippen LogP contribution in [0.3, 0.4) is 0 Å². The van der Waals surface area contributed by atoms with Gasteiger partial charge < -0.3 is 9.47 Å². The number of allylic oxidation sites excluding steroid dienone is 1. The van der Waals surface area contributed by atoms with Gasteiger partial charge in [0.15, 0.2) is 5.76 Å². The number of hydrogen-bond acceptors (Lipinski definition) is 3. The average Bonchev–Trinajstić information content (AvgIpc) is 2.99. The van der Waals surface area contributed by atoms with Crippen LogP contribution >= 0.6 is 23.2 Å². The monoisotopic (exact) mass is 428 g/mol. The van der Waals surface area contributed by atoms with E-state index < -0.39 is 5.82 Å². The van der Waals surface area contributed by atoms with Crippen LogP contribution in [0.2, 0.25) is 10.0 Å². The molecule has 0 fully saturated rings. The van der Waals surface area contributed by atoms with Crippen molar-refractivity contribution in [3.8, 4) is 11.5 Å². The molecule has 0 aliphatic carbocycles. The van der Waals surface area contributed by atoms with Crippen molar-refractivity contribution in [2.75, 3.05) is 0 Å². The van der Waals surface area contributed by atoms with E-state index in [4.69, 9.17) is 32.7 Å². The van der Waals surface area contributed by atoms with Crippen molar-refractivity contribution in [3.05, 3.63) is 98.5 Å². The number of benzene rings is 3. The Bertz CT molecular complexity index is 1150. The highest BCUT2D eigenvalue weighted by atomic mass is 35.5. The minimum Gasteiger partial charge on any atom is -0.489 e. The van der Waals surface area contributed by atoms with Crippen LogP contribution in [-0.4, -0.2) is 5.78 Å². The minimum atomic E-state index is -0.423. The Kier molecular flexibility index (Phi) is 5.31. The first-order valence-corrected chi connectivity index (χ1v) is 9.58. The lowest BCUT2D eigenvalue weighted by Crippen LogP contribution is -2.00. The predicted octanol–water partition coefficient (Wildman–Crippen LogP) is 6.64. The van der Waals surface area contributed by atoms with Crippen LogP contribution in [-0.2, 0) is 6.61 Å². The summed E-state index contributed by atoms with van der Waals surface area (Å²) >= 11 is 12.1. The molecule has 3 aromatic carbocycles. The van der Waals surface area contributed by atoms with Crippen LogP contribution in [0.4, 0.5) is 4.39 Å². The van der Waals surface area contributed by atoms with Crippen LogP contribution in [0.15, 0.2) is 60.4 Å². The number of carbonyl (C=O) groups excluding carboxylic acids is 1. The first kappa shape index (κ1) is 19.5. The molecular weight excluding hydrogens is 414 g/mol. The molecule has 0 bridgehead atoms. The number of Topliss-reactive ketones (excluding diaryl/α,β-unsaturated/α-hetero) is 1. The topological polar surface area (TPSA) is 35.5 Å². The summed E-state index contributed by atoms with van der Waals surface area (Å²) < 4.78 is 25.5. The van der Waals surface area contributed by atoms with Gasteiger partial charge in [-0.15, -0.1) is 0 Å². The molecule has 0 atom stereocenters. The van der Waals surface area contributed by atoms with Crippen molar-refractivity contribution in [2.45, 2.75) is 13.5 Å². The summed E-state index contributed by atoms with van der Waals surface area (Å²) in [4.78, 5) is 12.7. The number of ketones is 1. The summed E-state index contributed by atoms with van der Waals surface area (Å²) in [7, 11) is 0. The number of aryl methyl sites for hydroxylation is 1. The van der Waals surface area contributed by atoms with E-state index in [9.17, 15) is 9.18 Å². The second-order valence-electron chi connectivity index (χ2n) is 6.60. The SMILES string of the molecule is Cc1cc(OCc2ccc(Cl)cc2Cl)cc2c1C(=O)/C(=C/c1ccccc1F)O2. The minimum absolute atomic E-state index is 0.0751. The highest BCUT2D eigenvalue weighted by molar-refractivity contribution is 6.35. The van der Waals surface area contributed by atoms with Crippen LogP contribution in [0.25, 0.3) is 6.08 Å². The van der Waals surface area contributed by atoms with Gasteiger partial charge in [0.25, 0.3) is 0 Å². The summed E-state index contributed by atoms with van der Waals surface area (Å²) in [6, 6.07) is 14.8. The fourth-order valence-electron chi connectivity index (χ4n) is 3.09. The third-order valence-electron chi connectivity index (χ3n) is 4.54. The summed E-state index contributed by atoms with van der Waals surface area (Å²) in [6.07, 6.45) is 1.41. The molecule has 0 spiro atoms. The molecule has 1 aliphatic rings. The van der Waals surface area contributed by atoms with Gasteiger partial charge in [-0.05, 0) is 42.8 Å². The maximum Gasteiger partial charge on any atom is 0.232 e. The van der Waals surface area contributed by atoms with Gasteiger partial charge in [-0.3, -0.25) is 4.79 Å². The smallest absolute Gasteiger partial charge is 0.232 e. The van der Waals surface area contributed by atoms with Crippen molar-refractivity contribution < 1.29 is 18.7 Å². The van der Waals surface area contributed by atoms with Gasteiger partial charge in [0.2, 0.25) is 5.78 Å². The van der Waals surface area contributed by atoms with Crippen molar-refractivity contribution in [2.24, 2.45) is 0 Å². The number of carbonyl (C=O) groups is 1. The molecule has 6 heteroatoms. The summed E-state index contributed by atoms with van der Waals surface area (Å²) in [5.74, 6) is 0.286. The molecule has 3 aromatic rings.